The Morgan fingerprint density at radius 3 is 2.55 bits per heavy atom. The molecule has 2 aromatic rings. The van der Waals surface area contributed by atoms with Crippen molar-refractivity contribution in [3.05, 3.63) is 58.1 Å². The summed E-state index contributed by atoms with van der Waals surface area (Å²) in [7, 11) is 0. The van der Waals surface area contributed by atoms with Gasteiger partial charge in [0.2, 0.25) is 0 Å². The summed E-state index contributed by atoms with van der Waals surface area (Å²) in [5, 5.41) is 2.95. The lowest BCUT2D eigenvalue weighted by Crippen LogP contribution is -2.14. The Morgan fingerprint density at radius 1 is 1.20 bits per heavy atom. The molecule has 104 valence electrons. The molecule has 20 heavy (non-hydrogen) atoms. The molecule has 0 radical (unpaired) electrons. The van der Waals surface area contributed by atoms with Crippen molar-refractivity contribution in [1.82, 2.24) is 0 Å². The van der Waals surface area contributed by atoms with Gasteiger partial charge in [0.05, 0.1) is 0 Å². The van der Waals surface area contributed by atoms with Crippen molar-refractivity contribution in [3.8, 4) is 0 Å². The Morgan fingerprint density at radius 2 is 1.90 bits per heavy atom. The van der Waals surface area contributed by atoms with E-state index in [1.807, 2.05) is 24.3 Å². The fraction of sp³-hybridized carbons (Fsp3) is 0.188. The molecule has 0 fully saturated rings. The van der Waals surface area contributed by atoms with Crippen molar-refractivity contribution < 1.29 is 4.79 Å². The monoisotopic (exact) mass is 332 g/mol. The third kappa shape index (κ3) is 3.39. The van der Waals surface area contributed by atoms with Gasteiger partial charge < -0.3 is 11.1 Å². The first-order chi connectivity index (χ1) is 9.47. The fourth-order valence-corrected chi connectivity index (χ4v) is 2.56. The minimum atomic E-state index is -0.161. The van der Waals surface area contributed by atoms with Crippen molar-refractivity contribution in [3.63, 3.8) is 0 Å². The highest BCUT2D eigenvalue weighted by Gasteiger charge is 2.11. The molecule has 0 aliphatic carbocycles. The predicted molar refractivity (Wildman–Crippen MR) is 87.0 cm³/mol. The molecule has 2 aromatic carbocycles. The SMILES string of the molecule is CC(C)c1ccccc1NC(=O)c1cc(N)cc(Br)c1. The maximum atomic E-state index is 12.3. The van der Waals surface area contributed by atoms with Gasteiger partial charge in [-0.2, -0.15) is 0 Å². The molecule has 0 unspecified atom stereocenters. The van der Waals surface area contributed by atoms with Crippen molar-refractivity contribution >= 4 is 33.2 Å². The molecule has 0 saturated heterocycles. The maximum absolute atomic E-state index is 12.3. The van der Waals surface area contributed by atoms with Crippen LogP contribution in [0.25, 0.3) is 0 Å². The second-order valence-electron chi connectivity index (χ2n) is 4.97. The average Bonchev–Trinajstić information content (AvgIpc) is 2.37. The topological polar surface area (TPSA) is 55.1 Å². The molecule has 3 N–H and O–H groups in total. The van der Waals surface area contributed by atoms with Crippen LogP contribution in [0.5, 0.6) is 0 Å². The van der Waals surface area contributed by atoms with E-state index in [0.29, 0.717) is 17.2 Å². The lowest BCUT2D eigenvalue weighted by atomic mass is 10.0. The number of hydrogen-bond acceptors (Lipinski definition) is 2. The number of para-hydroxylation sites is 1. The number of amides is 1. The molecule has 1 amide bonds. The van der Waals surface area contributed by atoms with Gasteiger partial charge in [0.25, 0.3) is 5.91 Å². The summed E-state index contributed by atoms with van der Waals surface area (Å²) < 4.78 is 0.791. The lowest BCUT2D eigenvalue weighted by Gasteiger charge is -2.14. The van der Waals surface area contributed by atoms with Crippen LogP contribution in [0.15, 0.2) is 46.9 Å². The van der Waals surface area contributed by atoms with Crippen molar-refractivity contribution in [2.24, 2.45) is 0 Å². The Labute approximate surface area is 127 Å². The zero-order chi connectivity index (χ0) is 14.7. The molecule has 0 aromatic heterocycles. The number of nitrogens with two attached hydrogens (primary N) is 1. The normalized spacial score (nSPS) is 10.6. The van der Waals surface area contributed by atoms with Gasteiger partial charge in [-0.1, -0.05) is 48.0 Å². The number of benzene rings is 2. The van der Waals surface area contributed by atoms with E-state index in [1.165, 1.54) is 0 Å². The zero-order valence-electron chi connectivity index (χ0n) is 11.5. The summed E-state index contributed by atoms with van der Waals surface area (Å²) in [5.41, 5.74) is 8.81. The number of rotatable bonds is 3. The van der Waals surface area contributed by atoms with E-state index in [-0.39, 0.29) is 5.91 Å². The third-order valence-corrected chi connectivity index (χ3v) is 3.47. The van der Waals surface area contributed by atoms with E-state index in [9.17, 15) is 4.79 Å². The van der Waals surface area contributed by atoms with Gasteiger partial charge in [-0.05, 0) is 35.7 Å². The molecule has 0 spiro atoms. The van der Waals surface area contributed by atoms with Gasteiger partial charge in [0.1, 0.15) is 0 Å². The lowest BCUT2D eigenvalue weighted by molar-refractivity contribution is 0.102. The van der Waals surface area contributed by atoms with Crippen LogP contribution in [-0.2, 0) is 0 Å². The molecule has 0 heterocycles. The van der Waals surface area contributed by atoms with Crippen molar-refractivity contribution in [2.75, 3.05) is 11.1 Å². The molecule has 0 aliphatic heterocycles. The van der Waals surface area contributed by atoms with Crippen LogP contribution in [0.2, 0.25) is 0 Å². The van der Waals surface area contributed by atoms with E-state index in [2.05, 4.69) is 35.1 Å². The highest BCUT2D eigenvalue weighted by molar-refractivity contribution is 9.10. The summed E-state index contributed by atoms with van der Waals surface area (Å²) >= 11 is 3.34. The number of carbonyl (C=O) groups excluding carboxylic acids is 1. The van der Waals surface area contributed by atoms with Crippen LogP contribution in [0, 0.1) is 0 Å². The Bertz CT molecular complexity index is 618. The van der Waals surface area contributed by atoms with Gasteiger partial charge in [-0.25, -0.2) is 0 Å². The minimum absolute atomic E-state index is 0.161. The van der Waals surface area contributed by atoms with Crippen LogP contribution >= 0.6 is 15.9 Å². The van der Waals surface area contributed by atoms with Crippen LogP contribution in [-0.4, -0.2) is 5.91 Å². The van der Waals surface area contributed by atoms with Crippen LogP contribution in [0.4, 0.5) is 11.4 Å². The average molecular weight is 333 g/mol. The Balaban J connectivity index is 2.28. The number of anilines is 2. The largest absolute Gasteiger partial charge is 0.399 e. The fourth-order valence-electron chi connectivity index (χ4n) is 2.05. The summed E-state index contributed by atoms with van der Waals surface area (Å²) in [4.78, 5) is 12.3. The third-order valence-electron chi connectivity index (χ3n) is 3.01. The standard InChI is InChI=1S/C16H17BrN2O/c1-10(2)14-5-3-4-6-15(14)19-16(20)11-7-12(17)9-13(18)8-11/h3-10H,18H2,1-2H3,(H,19,20). The Hall–Kier alpha value is -1.81. The smallest absolute Gasteiger partial charge is 0.255 e. The quantitative estimate of drug-likeness (QED) is 0.818. The molecule has 0 atom stereocenters. The van der Waals surface area contributed by atoms with E-state index >= 15 is 0 Å². The van der Waals surface area contributed by atoms with Crippen LogP contribution < -0.4 is 11.1 Å². The van der Waals surface area contributed by atoms with Crippen molar-refractivity contribution in [1.29, 1.82) is 0 Å². The highest BCUT2D eigenvalue weighted by Crippen LogP contribution is 2.25. The number of carbonyl (C=O) groups is 1. The molecule has 4 heteroatoms. The predicted octanol–water partition coefficient (Wildman–Crippen LogP) is 4.41. The summed E-state index contributed by atoms with van der Waals surface area (Å²) in [6.45, 7) is 4.20. The molecule has 0 aliphatic rings. The minimum Gasteiger partial charge on any atom is -0.399 e. The Kier molecular flexibility index (Phi) is 4.45. The molecular formula is C16H17BrN2O. The van der Waals surface area contributed by atoms with Gasteiger partial charge in [0, 0.05) is 21.4 Å². The van der Waals surface area contributed by atoms with E-state index in [1.54, 1.807) is 18.2 Å². The number of nitrogen functional groups attached to an aromatic ring is 1. The van der Waals surface area contributed by atoms with Gasteiger partial charge in [0.15, 0.2) is 0 Å². The van der Waals surface area contributed by atoms with Gasteiger partial charge in [-0.3, -0.25) is 4.79 Å². The molecule has 0 bridgehead atoms. The maximum Gasteiger partial charge on any atom is 0.255 e. The number of hydrogen-bond donors (Lipinski definition) is 2. The summed E-state index contributed by atoms with van der Waals surface area (Å²) in [6.07, 6.45) is 0. The number of nitrogens with one attached hydrogen (secondary N) is 1. The summed E-state index contributed by atoms with van der Waals surface area (Å²) in [6, 6.07) is 13.0. The molecule has 2 rings (SSSR count). The van der Waals surface area contributed by atoms with E-state index in [4.69, 9.17) is 5.73 Å². The first-order valence-electron chi connectivity index (χ1n) is 6.43. The van der Waals surface area contributed by atoms with Gasteiger partial charge >= 0.3 is 0 Å². The highest BCUT2D eigenvalue weighted by atomic mass is 79.9. The zero-order valence-corrected chi connectivity index (χ0v) is 13.1. The van der Waals surface area contributed by atoms with Crippen LogP contribution in [0.1, 0.15) is 35.7 Å². The van der Waals surface area contributed by atoms with Gasteiger partial charge in [-0.15, -0.1) is 0 Å². The molecule has 3 nitrogen and oxygen atoms in total. The second-order valence-corrected chi connectivity index (χ2v) is 5.88. The first kappa shape index (κ1) is 14.6. The molecule has 0 saturated carbocycles. The van der Waals surface area contributed by atoms with Crippen LogP contribution in [0.3, 0.4) is 0 Å². The van der Waals surface area contributed by atoms with E-state index < -0.39 is 0 Å². The molecular weight excluding hydrogens is 316 g/mol. The summed E-state index contributed by atoms with van der Waals surface area (Å²) in [5.74, 6) is 0.185. The first-order valence-corrected chi connectivity index (χ1v) is 7.23. The number of halogens is 1. The second kappa shape index (κ2) is 6.09. The van der Waals surface area contributed by atoms with Crippen molar-refractivity contribution in [2.45, 2.75) is 19.8 Å². The van der Waals surface area contributed by atoms with E-state index in [0.717, 1.165) is 15.7 Å².